The molecule has 20 heavy (non-hydrogen) atoms. The lowest BCUT2D eigenvalue weighted by Crippen LogP contribution is -2.51. The highest BCUT2D eigenvalue weighted by atomic mass is 35.5. The van der Waals surface area contributed by atoms with Crippen LogP contribution in [0.25, 0.3) is 0 Å². The summed E-state index contributed by atoms with van der Waals surface area (Å²) in [6.45, 7) is 3.12. The molecule has 0 aromatic heterocycles. The smallest absolute Gasteiger partial charge is 0.0597 e. The fourth-order valence-corrected chi connectivity index (χ4v) is 3.27. The molecule has 1 aliphatic heterocycles. The van der Waals surface area contributed by atoms with E-state index in [2.05, 4.69) is 23.9 Å². The van der Waals surface area contributed by atoms with E-state index in [-0.39, 0.29) is 0 Å². The van der Waals surface area contributed by atoms with Gasteiger partial charge in [-0.25, -0.2) is 0 Å². The summed E-state index contributed by atoms with van der Waals surface area (Å²) in [6.07, 6.45) is 0.820. The number of nitrogens with zero attached hydrogens (tertiary/aromatic N) is 2. The van der Waals surface area contributed by atoms with Crippen LogP contribution < -0.4 is 0 Å². The molecule has 0 amide bonds. The molecule has 5 heteroatoms. The molecule has 112 valence electrons. The van der Waals surface area contributed by atoms with Crippen molar-refractivity contribution in [2.45, 2.75) is 25.0 Å². The van der Waals surface area contributed by atoms with Crippen molar-refractivity contribution >= 4 is 23.2 Å². The zero-order valence-electron chi connectivity index (χ0n) is 12.0. The highest BCUT2D eigenvalue weighted by Crippen LogP contribution is 2.26. The topological polar surface area (TPSA) is 26.7 Å². The number of likely N-dealkylation sites (N-methyl/N-ethyl adjacent to an activating group) is 2. The van der Waals surface area contributed by atoms with E-state index in [0.717, 1.165) is 31.6 Å². The third kappa shape index (κ3) is 4.09. The van der Waals surface area contributed by atoms with E-state index in [1.807, 2.05) is 18.2 Å². The Morgan fingerprint density at radius 2 is 1.90 bits per heavy atom. The largest absolute Gasteiger partial charge is 0.393 e. The molecule has 1 N–H and O–H groups in total. The van der Waals surface area contributed by atoms with Crippen LogP contribution in [0.5, 0.6) is 0 Å². The van der Waals surface area contributed by atoms with Crippen LogP contribution in [-0.4, -0.2) is 60.8 Å². The first-order chi connectivity index (χ1) is 9.47. The molecule has 2 rings (SSSR count). The lowest BCUT2D eigenvalue weighted by Gasteiger charge is -2.38. The van der Waals surface area contributed by atoms with Crippen LogP contribution in [0.4, 0.5) is 0 Å². The molecule has 2 unspecified atom stereocenters. The predicted molar refractivity (Wildman–Crippen MR) is 84.7 cm³/mol. The maximum Gasteiger partial charge on any atom is 0.0597 e. The number of rotatable bonds is 4. The van der Waals surface area contributed by atoms with Gasteiger partial charge in [-0.3, -0.25) is 0 Å². The highest BCUT2D eigenvalue weighted by molar-refractivity contribution is 6.35. The number of hydrogen-bond acceptors (Lipinski definition) is 3. The van der Waals surface area contributed by atoms with Gasteiger partial charge in [0.15, 0.2) is 0 Å². The molecule has 0 bridgehead atoms. The van der Waals surface area contributed by atoms with Crippen molar-refractivity contribution in [1.29, 1.82) is 0 Å². The molecule has 1 saturated heterocycles. The second kappa shape index (κ2) is 7.10. The molecule has 0 aliphatic carbocycles. The van der Waals surface area contributed by atoms with Crippen molar-refractivity contribution in [2.75, 3.05) is 33.7 Å². The number of piperazine rings is 1. The van der Waals surface area contributed by atoms with E-state index in [4.69, 9.17) is 23.2 Å². The van der Waals surface area contributed by atoms with Crippen molar-refractivity contribution in [3.8, 4) is 0 Å². The Morgan fingerprint density at radius 1 is 1.25 bits per heavy atom. The maximum atomic E-state index is 10.3. The molecular weight excluding hydrogens is 295 g/mol. The van der Waals surface area contributed by atoms with Gasteiger partial charge in [-0.2, -0.15) is 0 Å². The van der Waals surface area contributed by atoms with Gasteiger partial charge < -0.3 is 14.9 Å². The summed E-state index contributed by atoms with van der Waals surface area (Å²) < 4.78 is 0. The van der Waals surface area contributed by atoms with Gasteiger partial charge >= 0.3 is 0 Å². The van der Waals surface area contributed by atoms with Crippen molar-refractivity contribution in [2.24, 2.45) is 0 Å². The molecular formula is C15H22Cl2N2O. The van der Waals surface area contributed by atoms with Crippen LogP contribution in [0.2, 0.25) is 10.0 Å². The van der Waals surface area contributed by atoms with E-state index < -0.39 is 6.10 Å². The zero-order chi connectivity index (χ0) is 14.7. The van der Waals surface area contributed by atoms with E-state index >= 15 is 0 Å². The quantitative estimate of drug-likeness (QED) is 0.924. The zero-order valence-corrected chi connectivity index (χ0v) is 13.5. The summed E-state index contributed by atoms with van der Waals surface area (Å²) in [5.41, 5.74) is 0.843. The number of halogens is 2. The first-order valence-corrected chi connectivity index (χ1v) is 7.72. The van der Waals surface area contributed by atoms with E-state index in [1.165, 1.54) is 0 Å². The Labute approximate surface area is 131 Å². The van der Waals surface area contributed by atoms with E-state index in [0.29, 0.717) is 22.5 Å². The van der Waals surface area contributed by atoms with Crippen LogP contribution >= 0.6 is 23.2 Å². The predicted octanol–water partition coefficient (Wildman–Crippen LogP) is 2.53. The summed E-state index contributed by atoms with van der Waals surface area (Å²) in [6, 6.07) is 5.83. The first kappa shape index (κ1) is 16.1. The second-order valence-corrected chi connectivity index (χ2v) is 6.50. The van der Waals surface area contributed by atoms with Gasteiger partial charge in [0, 0.05) is 42.1 Å². The minimum absolute atomic E-state index is 0.380. The fraction of sp³-hybridized carbons (Fsp3) is 0.600. The number of aliphatic hydroxyl groups is 1. The van der Waals surface area contributed by atoms with Crippen molar-refractivity contribution in [3.05, 3.63) is 33.8 Å². The summed E-state index contributed by atoms with van der Waals surface area (Å²) in [5, 5.41) is 11.6. The molecule has 2 atom stereocenters. The third-order valence-electron chi connectivity index (χ3n) is 4.03. The van der Waals surface area contributed by atoms with Crippen LogP contribution in [0.1, 0.15) is 12.0 Å². The third-order valence-corrected chi connectivity index (χ3v) is 4.73. The van der Waals surface area contributed by atoms with Crippen molar-refractivity contribution in [1.82, 2.24) is 9.80 Å². The lowest BCUT2D eigenvalue weighted by molar-refractivity contribution is 0.0639. The molecule has 0 saturated carbocycles. The Hall–Kier alpha value is -0.320. The number of benzene rings is 1. The Bertz CT molecular complexity index is 435. The van der Waals surface area contributed by atoms with Crippen molar-refractivity contribution < 1.29 is 5.11 Å². The average Bonchev–Trinajstić information content (AvgIpc) is 2.38. The van der Waals surface area contributed by atoms with E-state index in [9.17, 15) is 5.11 Å². The van der Waals surface area contributed by atoms with Gasteiger partial charge in [0.25, 0.3) is 0 Å². The maximum absolute atomic E-state index is 10.3. The fourth-order valence-electron chi connectivity index (χ4n) is 2.72. The molecule has 3 nitrogen and oxygen atoms in total. The minimum atomic E-state index is -0.425. The molecule has 0 radical (unpaired) electrons. The molecule has 1 heterocycles. The van der Waals surface area contributed by atoms with Gasteiger partial charge in [-0.05, 0) is 38.2 Å². The highest BCUT2D eigenvalue weighted by Gasteiger charge is 2.25. The Balaban J connectivity index is 1.96. The van der Waals surface area contributed by atoms with Gasteiger partial charge in [0.2, 0.25) is 0 Å². The normalized spacial score (nSPS) is 22.9. The van der Waals surface area contributed by atoms with E-state index in [1.54, 1.807) is 0 Å². The van der Waals surface area contributed by atoms with Crippen molar-refractivity contribution in [3.63, 3.8) is 0 Å². The van der Waals surface area contributed by atoms with Crippen LogP contribution in [0.3, 0.4) is 0 Å². The van der Waals surface area contributed by atoms with Gasteiger partial charge in [-0.15, -0.1) is 0 Å². The number of aliphatic hydroxyl groups excluding tert-OH is 1. The summed E-state index contributed by atoms with van der Waals surface area (Å²) in [7, 11) is 4.24. The molecule has 0 spiro atoms. The van der Waals surface area contributed by atoms with Gasteiger partial charge in [0.1, 0.15) is 0 Å². The lowest BCUT2D eigenvalue weighted by atomic mass is 9.99. The summed E-state index contributed by atoms with van der Waals surface area (Å²) in [5.74, 6) is 0. The second-order valence-electron chi connectivity index (χ2n) is 5.69. The molecule has 1 aromatic carbocycles. The average molecular weight is 317 g/mol. The van der Waals surface area contributed by atoms with Gasteiger partial charge in [0.05, 0.1) is 6.10 Å². The Kier molecular flexibility index (Phi) is 5.70. The summed E-state index contributed by atoms with van der Waals surface area (Å²) >= 11 is 12.3. The molecule has 1 fully saturated rings. The standard InChI is InChI=1S/C15H22Cl2N2O/c1-18-6-7-19(2)11(10-18)8-12(20)9-13-14(16)4-3-5-15(13)17/h3-5,11-12,20H,6-10H2,1-2H3. The summed E-state index contributed by atoms with van der Waals surface area (Å²) in [4.78, 5) is 4.62. The van der Waals surface area contributed by atoms with Gasteiger partial charge in [-0.1, -0.05) is 29.3 Å². The van der Waals surface area contributed by atoms with Crippen LogP contribution in [-0.2, 0) is 6.42 Å². The first-order valence-electron chi connectivity index (χ1n) is 6.97. The monoisotopic (exact) mass is 316 g/mol. The number of hydrogen-bond donors (Lipinski definition) is 1. The molecule has 1 aromatic rings. The SMILES string of the molecule is CN1CCN(C)C(CC(O)Cc2c(Cl)cccc2Cl)C1. The minimum Gasteiger partial charge on any atom is -0.393 e. The Morgan fingerprint density at radius 3 is 2.55 bits per heavy atom. The van der Waals surface area contributed by atoms with Crippen LogP contribution in [0.15, 0.2) is 18.2 Å². The molecule has 1 aliphatic rings. The van der Waals surface area contributed by atoms with Crippen LogP contribution in [0, 0.1) is 0 Å².